The molecular weight excluding hydrogens is 219 g/mol. The van der Waals surface area contributed by atoms with Crippen molar-refractivity contribution in [3.05, 3.63) is 0 Å². The molecule has 0 radical (unpaired) electrons. The van der Waals surface area contributed by atoms with Crippen molar-refractivity contribution in [2.24, 2.45) is 0 Å². The van der Waals surface area contributed by atoms with Crippen LogP contribution in [-0.2, 0) is 0 Å². The second-order valence-corrected chi connectivity index (χ2v) is 4.08. The predicted octanol–water partition coefficient (Wildman–Crippen LogP) is 1.76. The Morgan fingerprint density at radius 2 is 1.94 bits per heavy atom. The van der Waals surface area contributed by atoms with Gasteiger partial charge in [0, 0.05) is 13.1 Å². The Morgan fingerprint density at radius 3 is 2.31 bits per heavy atom. The van der Waals surface area contributed by atoms with Crippen LogP contribution in [0.5, 0.6) is 0 Å². The van der Waals surface area contributed by atoms with Gasteiger partial charge in [0.05, 0.1) is 12.5 Å². The average Bonchev–Trinajstić information content (AvgIpc) is 2.14. The topological polar surface area (TPSA) is 39.1 Å². The number of alkyl halides is 3. The van der Waals surface area contributed by atoms with E-state index in [9.17, 15) is 13.2 Å². The van der Waals surface area contributed by atoms with Crippen molar-refractivity contribution in [2.75, 3.05) is 26.7 Å². The molecule has 0 aromatic carbocycles. The monoisotopic (exact) mass is 237 g/mol. The molecule has 0 aliphatic carbocycles. The molecular formula is C10H18F3N3. The maximum Gasteiger partial charge on any atom is 0.390 e. The zero-order valence-corrected chi connectivity index (χ0v) is 9.86. The fourth-order valence-corrected chi connectivity index (χ4v) is 1.46. The molecule has 0 spiro atoms. The lowest BCUT2D eigenvalue weighted by molar-refractivity contribution is -0.137. The van der Waals surface area contributed by atoms with Crippen LogP contribution in [0, 0.1) is 11.3 Å². The van der Waals surface area contributed by atoms with Crippen LogP contribution in [0.1, 0.15) is 20.3 Å². The lowest BCUT2D eigenvalue weighted by Gasteiger charge is -2.28. The molecule has 0 aromatic rings. The Labute approximate surface area is 94.2 Å². The van der Waals surface area contributed by atoms with E-state index in [2.05, 4.69) is 11.4 Å². The first-order chi connectivity index (χ1) is 7.22. The minimum atomic E-state index is -4.14. The third-order valence-corrected chi connectivity index (χ3v) is 2.18. The van der Waals surface area contributed by atoms with Crippen LogP contribution in [0.25, 0.3) is 0 Å². The maximum absolute atomic E-state index is 12.0. The van der Waals surface area contributed by atoms with Crippen molar-refractivity contribution in [1.29, 1.82) is 5.26 Å². The van der Waals surface area contributed by atoms with Crippen LogP contribution in [0.4, 0.5) is 13.2 Å². The van der Waals surface area contributed by atoms with Gasteiger partial charge in [0.2, 0.25) is 0 Å². The van der Waals surface area contributed by atoms with Gasteiger partial charge >= 0.3 is 6.18 Å². The highest BCUT2D eigenvalue weighted by molar-refractivity contribution is 5.05. The summed E-state index contributed by atoms with van der Waals surface area (Å²) in [4.78, 5) is 1.51. The Morgan fingerprint density at radius 1 is 1.38 bits per heavy atom. The van der Waals surface area contributed by atoms with Gasteiger partial charge in [-0.25, -0.2) is 0 Å². The summed E-state index contributed by atoms with van der Waals surface area (Å²) in [5.41, 5.74) is -0.797. The van der Waals surface area contributed by atoms with E-state index < -0.39 is 18.1 Å². The van der Waals surface area contributed by atoms with E-state index in [1.165, 1.54) is 4.90 Å². The first-order valence-electron chi connectivity index (χ1n) is 5.14. The molecule has 3 nitrogen and oxygen atoms in total. The third-order valence-electron chi connectivity index (χ3n) is 2.18. The summed E-state index contributed by atoms with van der Waals surface area (Å²) < 4.78 is 35.9. The molecule has 0 amide bonds. The van der Waals surface area contributed by atoms with Crippen LogP contribution >= 0.6 is 0 Å². The molecule has 0 aliphatic heterocycles. The van der Waals surface area contributed by atoms with Gasteiger partial charge in [-0.3, -0.25) is 5.32 Å². The number of nitriles is 1. The highest BCUT2D eigenvalue weighted by Crippen LogP contribution is 2.19. The fraction of sp³-hybridized carbons (Fsp3) is 0.900. The number of likely N-dealkylation sites (N-methyl/N-ethyl adjacent to an activating group) is 2. The zero-order valence-electron chi connectivity index (χ0n) is 9.86. The highest BCUT2D eigenvalue weighted by atomic mass is 19.4. The van der Waals surface area contributed by atoms with Crippen molar-refractivity contribution >= 4 is 0 Å². The Balaban J connectivity index is 4.12. The Bertz CT molecular complexity index is 247. The Hall–Kier alpha value is -0.800. The van der Waals surface area contributed by atoms with Crippen LogP contribution < -0.4 is 5.32 Å². The Kier molecular flexibility index (Phi) is 5.76. The number of nitrogens with one attached hydrogen (secondary N) is 1. The first-order valence-corrected chi connectivity index (χ1v) is 5.14. The van der Waals surface area contributed by atoms with Crippen molar-refractivity contribution in [3.8, 4) is 6.07 Å². The second kappa shape index (κ2) is 6.06. The quantitative estimate of drug-likeness (QED) is 0.765. The smallest absolute Gasteiger partial charge is 0.303 e. The van der Waals surface area contributed by atoms with E-state index in [0.717, 1.165) is 0 Å². The molecule has 0 rings (SSSR count). The molecule has 1 unspecified atom stereocenters. The summed E-state index contributed by atoms with van der Waals surface area (Å²) in [6, 6.07) is 2.07. The van der Waals surface area contributed by atoms with Crippen LogP contribution in [-0.4, -0.2) is 43.3 Å². The van der Waals surface area contributed by atoms with E-state index in [0.29, 0.717) is 6.54 Å². The van der Waals surface area contributed by atoms with Gasteiger partial charge in [-0.2, -0.15) is 18.4 Å². The molecule has 1 atom stereocenters. The van der Waals surface area contributed by atoms with Crippen molar-refractivity contribution in [2.45, 2.75) is 32.0 Å². The van der Waals surface area contributed by atoms with Gasteiger partial charge in [-0.15, -0.1) is 0 Å². The molecule has 0 saturated carbocycles. The largest absolute Gasteiger partial charge is 0.390 e. The van der Waals surface area contributed by atoms with Gasteiger partial charge in [0.25, 0.3) is 0 Å². The molecule has 1 N–H and O–H groups in total. The summed E-state index contributed by atoms with van der Waals surface area (Å²) >= 11 is 0. The SMILES string of the molecule is CCNC(C)(C#N)CN(C)CCC(F)(F)F. The van der Waals surface area contributed by atoms with E-state index in [-0.39, 0.29) is 13.1 Å². The molecule has 0 aliphatic rings. The van der Waals surface area contributed by atoms with Crippen molar-refractivity contribution in [1.82, 2.24) is 10.2 Å². The van der Waals surface area contributed by atoms with Gasteiger partial charge in [-0.1, -0.05) is 6.92 Å². The number of hydrogen-bond acceptors (Lipinski definition) is 3. The molecule has 0 heterocycles. The average molecular weight is 237 g/mol. The number of rotatable bonds is 6. The molecule has 6 heteroatoms. The molecule has 0 aromatic heterocycles. The van der Waals surface area contributed by atoms with Gasteiger partial charge in [0.1, 0.15) is 5.54 Å². The molecule has 0 saturated heterocycles. The summed E-state index contributed by atoms with van der Waals surface area (Å²) in [7, 11) is 1.58. The number of nitrogens with zero attached hydrogens (tertiary/aromatic N) is 2. The minimum absolute atomic E-state index is 0.0911. The molecule has 94 valence electrons. The molecule has 16 heavy (non-hydrogen) atoms. The lowest BCUT2D eigenvalue weighted by Crippen LogP contribution is -2.49. The van der Waals surface area contributed by atoms with Crippen LogP contribution in [0.3, 0.4) is 0 Å². The summed E-state index contributed by atoms with van der Waals surface area (Å²) in [6.45, 7) is 4.32. The maximum atomic E-state index is 12.0. The molecule has 0 fully saturated rings. The van der Waals surface area contributed by atoms with Gasteiger partial charge < -0.3 is 4.90 Å². The van der Waals surface area contributed by atoms with E-state index in [1.807, 2.05) is 6.92 Å². The summed E-state index contributed by atoms with van der Waals surface area (Å²) in [5.74, 6) is 0. The highest BCUT2D eigenvalue weighted by Gasteiger charge is 2.29. The van der Waals surface area contributed by atoms with Gasteiger partial charge in [-0.05, 0) is 20.5 Å². The summed E-state index contributed by atoms with van der Waals surface area (Å²) in [5, 5.41) is 11.9. The third kappa shape index (κ3) is 6.64. The number of halogens is 3. The van der Waals surface area contributed by atoms with E-state index >= 15 is 0 Å². The van der Waals surface area contributed by atoms with Crippen LogP contribution in [0.2, 0.25) is 0 Å². The second-order valence-electron chi connectivity index (χ2n) is 4.08. The minimum Gasteiger partial charge on any atom is -0.303 e. The first kappa shape index (κ1) is 15.2. The van der Waals surface area contributed by atoms with Crippen LogP contribution in [0.15, 0.2) is 0 Å². The standard InChI is InChI=1S/C10H18F3N3/c1-4-15-9(2,7-14)8-16(3)6-5-10(11,12)13/h15H,4-6,8H2,1-3H3. The predicted molar refractivity (Wildman–Crippen MR) is 55.9 cm³/mol. The molecule has 0 bridgehead atoms. The van der Waals surface area contributed by atoms with Gasteiger partial charge in [0.15, 0.2) is 0 Å². The summed E-state index contributed by atoms with van der Waals surface area (Å²) in [6.07, 6.45) is -4.99. The lowest BCUT2D eigenvalue weighted by atomic mass is 10.0. The normalized spacial score (nSPS) is 15.9. The van der Waals surface area contributed by atoms with Crippen molar-refractivity contribution < 1.29 is 13.2 Å². The van der Waals surface area contributed by atoms with E-state index in [4.69, 9.17) is 5.26 Å². The number of hydrogen-bond donors (Lipinski definition) is 1. The van der Waals surface area contributed by atoms with Crippen molar-refractivity contribution in [3.63, 3.8) is 0 Å². The zero-order chi connectivity index (χ0) is 12.8. The van der Waals surface area contributed by atoms with E-state index in [1.54, 1.807) is 14.0 Å². The fourth-order valence-electron chi connectivity index (χ4n) is 1.46.